The highest BCUT2D eigenvalue weighted by Gasteiger charge is 2.36. The van der Waals surface area contributed by atoms with Crippen LogP contribution >= 0.6 is 0 Å². The lowest BCUT2D eigenvalue weighted by atomic mass is 9.79. The number of halogens is 1. The lowest BCUT2D eigenvalue weighted by molar-refractivity contribution is 0.0773. The summed E-state index contributed by atoms with van der Waals surface area (Å²) in [6, 6.07) is 7.61. The van der Waals surface area contributed by atoms with Crippen molar-refractivity contribution in [2.75, 3.05) is 13.1 Å². The van der Waals surface area contributed by atoms with Gasteiger partial charge in [-0.1, -0.05) is 24.3 Å². The molecule has 3 heteroatoms. The average Bonchev–Trinajstić information content (AvgIpc) is 2.40. The van der Waals surface area contributed by atoms with E-state index in [1.807, 2.05) is 24.3 Å². The molecule has 3 N–H and O–H groups in total. The summed E-state index contributed by atoms with van der Waals surface area (Å²) in [7, 11) is 0. The number of hydrogen-bond donors (Lipinski definition) is 2. The van der Waals surface area contributed by atoms with E-state index >= 15 is 0 Å². The molecule has 17 heavy (non-hydrogen) atoms. The summed E-state index contributed by atoms with van der Waals surface area (Å²) in [4.78, 5) is 0. The van der Waals surface area contributed by atoms with Gasteiger partial charge in [-0.05, 0) is 49.9 Å². The number of nitrogens with one attached hydrogen (secondary N) is 1. The predicted molar refractivity (Wildman–Crippen MR) is 68.4 cm³/mol. The van der Waals surface area contributed by atoms with Crippen molar-refractivity contribution in [1.29, 1.82) is 0 Å². The zero-order valence-electron chi connectivity index (χ0n) is 10.4. The van der Waals surface area contributed by atoms with Crippen LogP contribution in [0.4, 0.5) is 4.39 Å². The van der Waals surface area contributed by atoms with E-state index in [9.17, 15) is 4.39 Å². The Morgan fingerprint density at radius 1 is 1.29 bits per heavy atom. The van der Waals surface area contributed by atoms with Crippen LogP contribution in [0, 0.1) is 5.92 Å². The third kappa shape index (κ3) is 2.67. The number of nitrogens with two attached hydrogens (primary N) is 1. The Kier molecular flexibility index (Phi) is 3.79. The summed E-state index contributed by atoms with van der Waals surface area (Å²) in [5.41, 5.74) is 6.15. The van der Waals surface area contributed by atoms with Crippen molar-refractivity contribution in [2.24, 2.45) is 11.7 Å². The SMILES string of the molecule is CC(F)(c1ccc(CN)cc1)C1CCNCC1. The Hall–Kier alpha value is -0.930. The first kappa shape index (κ1) is 12.5. The second kappa shape index (κ2) is 5.15. The van der Waals surface area contributed by atoms with Crippen LogP contribution in [0.25, 0.3) is 0 Å². The van der Waals surface area contributed by atoms with Crippen molar-refractivity contribution in [2.45, 2.75) is 32.0 Å². The second-order valence-electron chi connectivity index (χ2n) is 5.00. The largest absolute Gasteiger partial charge is 0.326 e. The fourth-order valence-corrected chi connectivity index (χ4v) is 2.57. The third-order valence-corrected chi connectivity index (χ3v) is 3.86. The zero-order valence-corrected chi connectivity index (χ0v) is 10.4. The highest BCUT2D eigenvalue weighted by atomic mass is 19.1. The Morgan fingerprint density at radius 3 is 2.41 bits per heavy atom. The molecule has 2 rings (SSSR count). The minimum Gasteiger partial charge on any atom is -0.326 e. The highest BCUT2D eigenvalue weighted by molar-refractivity contribution is 5.27. The van der Waals surface area contributed by atoms with Crippen LogP contribution in [-0.2, 0) is 12.2 Å². The van der Waals surface area contributed by atoms with Crippen molar-refractivity contribution < 1.29 is 4.39 Å². The number of piperidine rings is 1. The summed E-state index contributed by atoms with van der Waals surface area (Å²) in [5.74, 6) is 0.118. The van der Waals surface area contributed by atoms with Gasteiger partial charge in [-0.25, -0.2) is 4.39 Å². The molecular formula is C14H21FN2. The summed E-state index contributed by atoms with van der Waals surface area (Å²) in [6.07, 6.45) is 1.82. The van der Waals surface area contributed by atoms with Gasteiger partial charge >= 0.3 is 0 Å². The van der Waals surface area contributed by atoms with E-state index in [4.69, 9.17) is 5.73 Å². The average molecular weight is 236 g/mol. The van der Waals surface area contributed by atoms with Gasteiger partial charge in [-0.15, -0.1) is 0 Å². The van der Waals surface area contributed by atoms with E-state index in [0.29, 0.717) is 6.54 Å². The molecule has 0 aliphatic carbocycles. The Bertz CT molecular complexity index is 353. The van der Waals surface area contributed by atoms with E-state index in [1.165, 1.54) is 0 Å². The van der Waals surface area contributed by atoms with E-state index in [-0.39, 0.29) is 5.92 Å². The van der Waals surface area contributed by atoms with Gasteiger partial charge in [0.05, 0.1) is 0 Å². The first-order valence-electron chi connectivity index (χ1n) is 6.33. The second-order valence-corrected chi connectivity index (χ2v) is 5.00. The maximum atomic E-state index is 14.9. The van der Waals surface area contributed by atoms with E-state index in [2.05, 4.69) is 5.32 Å². The quantitative estimate of drug-likeness (QED) is 0.845. The molecule has 1 atom stereocenters. The van der Waals surface area contributed by atoms with Gasteiger partial charge in [0.1, 0.15) is 5.67 Å². The van der Waals surface area contributed by atoms with Crippen LogP contribution in [0.3, 0.4) is 0 Å². The van der Waals surface area contributed by atoms with Crippen LogP contribution in [0.2, 0.25) is 0 Å². The predicted octanol–water partition coefficient (Wildman–Crippen LogP) is 2.33. The van der Waals surface area contributed by atoms with Crippen molar-refractivity contribution in [3.05, 3.63) is 35.4 Å². The molecule has 1 aliphatic heterocycles. The Morgan fingerprint density at radius 2 is 1.88 bits per heavy atom. The highest BCUT2D eigenvalue weighted by Crippen LogP contribution is 2.38. The maximum absolute atomic E-state index is 14.9. The summed E-state index contributed by atoms with van der Waals surface area (Å²) in [5, 5.41) is 3.27. The van der Waals surface area contributed by atoms with Crippen LogP contribution in [0.15, 0.2) is 24.3 Å². The first-order valence-corrected chi connectivity index (χ1v) is 6.33. The molecule has 1 saturated heterocycles. The first-order chi connectivity index (χ1) is 8.14. The number of hydrogen-bond acceptors (Lipinski definition) is 2. The molecule has 94 valence electrons. The molecule has 1 aliphatic rings. The van der Waals surface area contributed by atoms with Crippen LogP contribution in [-0.4, -0.2) is 13.1 Å². The molecule has 0 saturated carbocycles. The smallest absolute Gasteiger partial charge is 0.136 e. The Balaban J connectivity index is 2.17. The van der Waals surface area contributed by atoms with Crippen molar-refractivity contribution in [3.8, 4) is 0 Å². The monoisotopic (exact) mass is 236 g/mol. The number of rotatable bonds is 3. The van der Waals surface area contributed by atoms with E-state index in [0.717, 1.165) is 37.1 Å². The lowest BCUT2D eigenvalue weighted by Crippen LogP contribution is -2.37. The van der Waals surface area contributed by atoms with Crippen LogP contribution in [0.1, 0.15) is 30.9 Å². The van der Waals surface area contributed by atoms with Gasteiger partial charge in [0.15, 0.2) is 0 Å². The minimum atomic E-state index is -1.23. The molecule has 1 aromatic carbocycles. The van der Waals surface area contributed by atoms with Gasteiger partial charge < -0.3 is 11.1 Å². The molecule has 0 amide bonds. The van der Waals surface area contributed by atoms with Crippen molar-refractivity contribution in [1.82, 2.24) is 5.32 Å². The van der Waals surface area contributed by atoms with Crippen molar-refractivity contribution >= 4 is 0 Å². The summed E-state index contributed by atoms with van der Waals surface area (Å²) in [6.45, 7) is 4.06. The number of alkyl halides is 1. The molecule has 2 nitrogen and oxygen atoms in total. The topological polar surface area (TPSA) is 38.0 Å². The molecule has 1 fully saturated rings. The van der Waals surface area contributed by atoms with E-state index < -0.39 is 5.67 Å². The zero-order chi connectivity index (χ0) is 12.3. The molecule has 0 bridgehead atoms. The van der Waals surface area contributed by atoms with Crippen LogP contribution in [0.5, 0.6) is 0 Å². The maximum Gasteiger partial charge on any atom is 0.136 e. The summed E-state index contributed by atoms with van der Waals surface area (Å²) >= 11 is 0. The number of benzene rings is 1. The standard InChI is InChI=1S/C14H21FN2/c1-14(15,13-6-8-17-9-7-13)12-4-2-11(10-16)3-5-12/h2-5,13,17H,6-10,16H2,1H3. The molecule has 0 radical (unpaired) electrons. The van der Waals surface area contributed by atoms with Gasteiger partial charge in [-0.2, -0.15) is 0 Å². The fourth-order valence-electron chi connectivity index (χ4n) is 2.57. The van der Waals surface area contributed by atoms with Gasteiger partial charge in [0, 0.05) is 6.54 Å². The molecule has 0 aromatic heterocycles. The van der Waals surface area contributed by atoms with E-state index in [1.54, 1.807) is 6.92 Å². The molecule has 1 aromatic rings. The third-order valence-electron chi connectivity index (χ3n) is 3.86. The lowest BCUT2D eigenvalue weighted by Gasteiger charge is -2.34. The minimum absolute atomic E-state index is 0.118. The van der Waals surface area contributed by atoms with Gasteiger partial charge in [0.2, 0.25) is 0 Å². The molecule has 1 unspecified atom stereocenters. The normalized spacial score (nSPS) is 21.1. The fraction of sp³-hybridized carbons (Fsp3) is 0.571. The van der Waals surface area contributed by atoms with Gasteiger partial charge in [-0.3, -0.25) is 0 Å². The Labute approximate surface area is 102 Å². The molecule has 1 heterocycles. The van der Waals surface area contributed by atoms with Crippen LogP contribution < -0.4 is 11.1 Å². The molecular weight excluding hydrogens is 215 g/mol. The molecule has 0 spiro atoms. The summed E-state index contributed by atoms with van der Waals surface area (Å²) < 4.78 is 14.9. The van der Waals surface area contributed by atoms with Gasteiger partial charge in [0.25, 0.3) is 0 Å². The van der Waals surface area contributed by atoms with Crippen molar-refractivity contribution in [3.63, 3.8) is 0 Å².